The molecule has 0 radical (unpaired) electrons. The fraction of sp³-hybridized carbons (Fsp3) is 0.800. The first-order valence-corrected chi connectivity index (χ1v) is 5.84. The Morgan fingerprint density at radius 1 is 1.40 bits per heavy atom. The van der Waals surface area contributed by atoms with E-state index in [4.69, 9.17) is 4.74 Å². The van der Waals surface area contributed by atoms with Crippen molar-refractivity contribution in [1.82, 2.24) is 14.9 Å². The molecule has 1 aromatic heterocycles. The molecule has 1 N–H and O–H groups in total. The molecule has 86 valence electrons. The van der Waals surface area contributed by atoms with E-state index in [1.807, 2.05) is 0 Å². The van der Waals surface area contributed by atoms with Gasteiger partial charge in [0.1, 0.15) is 0 Å². The van der Waals surface area contributed by atoms with Crippen molar-refractivity contribution in [3.63, 3.8) is 0 Å². The number of methoxy groups -OCH3 is 1. The maximum absolute atomic E-state index is 4.97. The second kappa shape index (κ2) is 5.53. The molecule has 0 aliphatic rings. The lowest BCUT2D eigenvalue weighted by molar-refractivity contribution is 0.199. The molecule has 0 aliphatic heterocycles. The highest BCUT2D eigenvalue weighted by Gasteiger charge is 2.21. The molecule has 1 rings (SSSR count). The Labute approximate surface area is 95.2 Å². The van der Waals surface area contributed by atoms with Gasteiger partial charge in [-0.05, 0) is 11.5 Å². The first kappa shape index (κ1) is 12.5. The molecule has 0 fully saturated rings. The monoisotopic (exact) mass is 229 g/mol. The van der Waals surface area contributed by atoms with Crippen molar-refractivity contribution in [3.05, 3.63) is 10.6 Å². The second-order valence-electron chi connectivity index (χ2n) is 4.46. The van der Waals surface area contributed by atoms with E-state index in [0.717, 1.165) is 25.4 Å². The van der Waals surface area contributed by atoms with Crippen LogP contribution in [0.15, 0.2) is 0 Å². The molecule has 15 heavy (non-hydrogen) atoms. The lowest BCUT2D eigenvalue weighted by Crippen LogP contribution is -2.21. The highest BCUT2D eigenvalue weighted by molar-refractivity contribution is 7.05. The Bertz CT molecular complexity index is 293. The fourth-order valence-electron chi connectivity index (χ4n) is 1.27. The van der Waals surface area contributed by atoms with Crippen LogP contribution in [0.1, 0.15) is 31.3 Å². The van der Waals surface area contributed by atoms with Crippen molar-refractivity contribution in [2.75, 3.05) is 20.3 Å². The van der Waals surface area contributed by atoms with E-state index in [-0.39, 0.29) is 5.41 Å². The first-order chi connectivity index (χ1) is 7.05. The number of hydrogen-bond acceptors (Lipinski definition) is 5. The van der Waals surface area contributed by atoms with Crippen LogP contribution in [0, 0.1) is 0 Å². The number of rotatable bonds is 5. The minimum absolute atomic E-state index is 0.0747. The van der Waals surface area contributed by atoms with Crippen LogP contribution in [0.3, 0.4) is 0 Å². The van der Waals surface area contributed by atoms with Crippen LogP contribution in [0.2, 0.25) is 0 Å². The van der Waals surface area contributed by atoms with Crippen molar-refractivity contribution in [2.24, 2.45) is 0 Å². The summed E-state index contributed by atoms with van der Waals surface area (Å²) in [7, 11) is 1.70. The Morgan fingerprint density at radius 3 is 2.73 bits per heavy atom. The molecule has 0 spiro atoms. The summed E-state index contributed by atoms with van der Waals surface area (Å²) in [5, 5.41) is 7.49. The maximum atomic E-state index is 4.97. The molecule has 0 aliphatic carbocycles. The van der Waals surface area contributed by atoms with Crippen molar-refractivity contribution >= 4 is 11.5 Å². The predicted molar refractivity (Wildman–Crippen MR) is 62.2 cm³/mol. The summed E-state index contributed by atoms with van der Waals surface area (Å²) in [5.41, 5.74) is 1.17. The highest BCUT2D eigenvalue weighted by Crippen LogP contribution is 2.25. The highest BCUT2D eigenvalue weighted by atomic mass is 32.1. The van der Waals surface area contributed by atoms with Crippen molar-refractivity contribution in [2.45, 2.75) is 32.7 Å². The molecule has 0 bridgehead atoms. The molecule has 1 heterocycles. The van der Waals surface area contributed by atoms with Crippen LogP contribution >= 0.6 is 11.5 Å². The van der Waals surface area contributed by atoms with Gasteiger partial charge in [-0.2, -0.15) is 0 Å². The number of aromatic nitrogens is 2. The summed E-state index contributed by atoms with van der Waals surface area (Å²) in [5.74, 6) is 0. The summed E-state index contributed by atoms with van der Waals surface area (Å²) in [6.07, 6.45) is 0. The third-order valence-electron chi connectivity index (χ3n) is 2.03. The summed E-state index contributed by atoms with van der Waals surface area (Å²) in [6.45, 7) is 8.88. The fourth-order valence-corrected chi connectivity index (χ4v) is 2.09. The zero-order valence-electron chi connectivity index (χ0n) is 9.83. The topological polar surface area (TPSA) is 47.0 Å². The molecular formula is C10H19N3OS. The van der Waals surface area contributed by atoms with Gasteiger partial charge in [-0.15, -0.1) is 5.10 Å². The van der Waals surface area contributed by atoms with E-state index in [1.165, 1.54) is 16.4 Å². The van der Waals surface area contributed by atoms with Gasteiger partial charge in [0, 0.05) is 25.6 Å². The van der Waals surface area contributed by atoms with Crippen LogP contribution in [0.25, 0.3) is 0 Å². The Morgan fingerprint density at radius 2 is 2.13 bits per heavy atom. The van der Waals surface area contributed by atoms with Gasteiger partial charge >= 0.3 is 0 Å². The van der Waals surface area contributed by atoms with Crippen molar-refractivity contribution in [1.29, 1.82) is 0 Å². The standard InChI is InChI=1S/C10H19N3OS/c1-10(2,3)9-8(15-13-12-9)7-11-5-6-14-4/h11H,5-7H2,1-4H3. The summed E-state index contributed by atoms with van der Waals surface area (Å²) in [4.78, 5) is 1.22. The van der Waals surface area contributed by atoms with Crippen LogP contribution in [0.4, 0.5) is 0 Å². The molecular weight excluding hydrogens is 210 g/mol. The van der Waals surface area contributed by atoms with E-state index in [0.29, 0.717) is 0 Å². The molecule has 0 saturated carbocycles. The molecule has 0 atom stereocenters. The number of hydrogen-bond donors (Lipinski definition) is 1. The number of nitrogens with zero attached hydrogens (tertiary/aromatic N) is 2. The molecule has 0 amide bonds. The smallest absolute Gasteiger partial charge is 0.0854 e. The second-order valence-corrected chi connectivity index (χ2v) is 5.30. The molecule has 5 heteroatoms. The Hall–Kier alpha value is -0.520. The zero-order valence-corrected chi connectivity index (χ0v) is 10.6. The lowest BCUT2D eigenvalue weighted by atomic mass is 9.91. The molecule has 0 saturated heterocycles. The van der Waals surface area contributed by atoms with Crippen LogP contribution in [-0.2, 0) is 16.7 Å². The average Bonchev–Trinajstić information content (AvgIpc) is 2.59. The van der Waals surface area contributed by atoms with Gasteiger partial charge < -0.3 is 10.1 Å². The predicted octanol–water partition coefficient (Wildman–Crippen LogP) is 1.57. The Kier molecular flexibility index (Phi) is 4.63. The molecule has 4 nitrogen and oxygen atoms in total. The van der Waals surface area contributed by atoms with E-state index in [9.17, 15) is 0 Å². The van der Waals surface area contributed by atoms with Gasteiger partial charge in [0.15, 0.2) is 0 Å². The number of nitrogens with one attached hydrogen (secondary N) is 1. The van der Waals surface area contributed by atoms with Crippen LogP contribution in [-0.4, -0.2) is 29.8 Å². The van der Waals surface area contributed by atoms with Gasteiger partial charge in [-0.1, -0.05) is 25.3 Å². The van der Waals surface area contributed by atoms with E-state index >= 15 is 0 Å². The van der Waals surface area contributed by atoms with Crippen molar-refractivity contribution in [3.8, 4) is 0 Å². The molecule has 0 unspecified atom stereocenters. The first-order valence-electron chi connectivity index (χ1n) is 5.07. The van der Waals surface area contributed by atoms with Gasteiger partial charge in [0.25, 0.3) is 0 Å². The van der Waals surface area contributed by atoms with Crippen molar-refractivity contribution < 1.29 is 4.74 Å². The zero-order chi connectivity index (χ0) is 11.3. The Balaban J connectivity index is 2.51. The van der Waals surface area contributed by atoms with E-state index in [2.05, 4.69) is 35.7 Å². The molecule has 0 aromatic carbocycles. The maximum Gasteiger partial charge on any atom is 0.0854 e. The SMILES string of the molecule is COCCNCc1snnc1C(C)(C)C. The van der Waals surface area contributed by atoms with Gasteiger partial charge in [-0.3, -0.25) is 0 Å². The third-order valence-corrected chi connectivity index (χ3v) is 2.76. The van der Waals surface area contributed by atoms with Gasteiger partial charge in [0.05, 0.1) is 17.2 Å². The normalized spacial score (nSPS) is 12.0. The summed E-state index contributed by atoms with van der Waals surface area (Å²) >= 11 is 1.47. The summed E-state index contributed by atoms with van der Waals surface area (Å²) < 4.78 is 8.98. The minimum Gasteiger partial charge on any atom is -0.383 e. The largest absolute Gasteiger partial charge is 0.383 e. The van der Waals surface area contributed by atoms with Gasteiger partial charge in [-0.25, -0.2) is 0 Å². The minimum atomic E-state index is 0.0747. The third kappa shape index (κ3) is 3.85. The van der Waals surface area contributed by atoms with Crippen LogP contribution in [0.5, 0.6) is 0 Å². The van der Waals surface area contributed by atoms with Gasteiger partial charge in [0.2, 0.25) is 0 Å². The number of ether oxygens (including phenoxy) is 1. The summed E-state index contributed by atoms with van der Waals surface area (Å²) in [6, 6.07) is 0. The van der Waals surface area contributed by atoms with E-state index in [1.54, 1.807) is 7.11 Å². The molecule has 1 aromatic rings. The lowest BCUT2D eigenvalue weighted by Gasteiger charge is -2.16. The van der Waals surface area contributed by atoms with Crippen LogP contribution < -0.4 is 5.32 Å². The quantitative estimate of drug-likeness (QED) is 0.779. The average molecular weight is 229 g/mol. The van der Waals surface area contributed by atoms with E-state index < -0.39 is 0 Å².